The number of amides is 1. The molecular weight excluding hydrogens is 316 g/mol. The van der Waals surface area contributed by atoms with E-state index in [0.29, 0.717) is 15.8 Å². The maximum absolute atomic E-state index is 12.2. The Morgan fingerprint density at radius 1 is 1.45 bits per heavy atom. The van der Waals surface area contributed by atoms with E-state index in [9.17, 15) is 4.79 Å². The molecule has 0 saturated carbocycles. The van der Waals surface area contributed by atoms with Crippen LogP contribution in [0.25, 0.3) is 10.1 Å². The van der Waals surface area contributed by atoms with Crippen LogP contribution in [0.15, 0.2) is 35.5 Å². The van der Waals surface area contributed by atoms with Gasteiger partial charge in [-0.25, -0.2) is 5.43 Å². The first-order valence-electron chi connectivity index (χ1n) is 7.32. The number of nitrogens with one attached hydrogen (secondary N) is 1. The van der Waals surface area contributed by atoms with Gasteiger partial charge in [-0.1, -0.05) is 35.9 Å². The zero-order chi connectivity index (χ0) is 15.5. The van der Waals surface area contributed by atoms with E-state index in [1.807, 2.05) is 31.3 Å². The summed E-state index contributed by atoms with van der Waals surface area (Å²) in [6, 6.07) is 6.00. The molecule has 1 amide bonds. The van der Waals surface area contributed by atoms with Gasteiger partial charge in [-0.05, 0) is 43.7 Å². The number of carbonyl (C=O) groups is 1. The zero-order valence-electron chi connectivity index (χ0n) is 12.3. The van der Waals surface area contributed by atoms with Crippen LogP contribution in [0.3, 0.4) is 0 Å². The summed E-state index contributed by atoms with van der Waals surface area (Å²) in [5, 5.41) is 5.52. The average Bonchev–Trinajstić information content (AvgIpc) is 2.84. The molecule has 2 aromatic rings. The summed E-state index contributed by atoms with van der Waals surface area (Å²) in [5.74, 6) is 0.164. The van der Waals surface area contributed by atoms with E-state index in [1.165, 1.54) is 11.3 Å². The van der Waals surface area contributed by atoms with E-state index in [2.05, 4.69) is 22.7 Å². The number of nitrogens with zero attached hydrogens (tertiary/aromatic N) is 1. The third kappa shape index (κ3) is 3.23. The Labute approximate surface area is 138 Å². The van der Waals surface area contributed by atoms with Crippen LogP contribution in [0.2, 0.25) is 5.02 Å². The molecule has 1 atom stereocenters. The van der Waals surface area contributed by atoms with Gasteiger partial charge >= 0.3 is 0 Å². The third-order valence-corrected chi connectivity index (χ3v) is 5.41. The van der Waals surface area contributed by atoms with Gasteiger partial charge in [0.2, 0.25) is 0 Å². The highest BCUT2D eigenvalue weighted by atomic mass is 35.5. The first-order valence-corrected chi connectivity index (χ1v) is 8.52. The maximum Gasteiger partial charge on any atom is 0.282 e. The Kier molecular flexibility index (Phi) is 4.60. The van der Waals surface area contributed by atoms with Gasteiger partial charge in [-0.15, -0.1) is 11.3 Å². The Balaban J connectivity index is 1.73. The molecule has 22 heavy (non-hydrogen) atoms. The van der Waals surface area contributed by atoms with Crippen LogP contribution in [-0.2, 0) is 0 Å². The zero-order valence-corrected chi connectivity index (χ0v) is 13.9. The molecule has 1 heterocycles. The van der Waals surface area contributed by atoms with Crippen molar-refractivity contribution in [2.45, 2.75) is 26.2 Å². The number of halogens is 1. The standard InChI is InChI=1S/C17H17ClN2OS/c1-11-7-8-13-14(9-11)22-16(15(13)18)17(21)20-19-10-12-5-3-2-4-6-12/h2-3,7-10,12H,4-6H2,1H3,(H,20,21). The van der Waals surface area contributed by atoms with Crippen LogP contribution >= 0.6 is 22.9 Å². The minimum atomic E-state index is -0.244. The van der Waals surface area contributed by atoms with E-state index in [-0.39, 0.29) is 5.91 Å². The molecule has 1 aromatic carbocycles. The van der Waals surface area contributed by atoms with E-state index in [1.54, 1.807) is 0 Å². The molecule has 0 radical (unpaired) electrons. The smallest absolute Gasteiger partial charge is 0.266 e. The monoisotopic (exact) mass is 332 g/mol. The first-order chi connectivity index (χ1) is 10.6. The number of hydrazone groups is 1. The second-order valence-electron chi connectivity index (χ2n) is 5.51. The molecule has 1 N–H and O–H groups in total. The summed E-state index contributed by atoms with van der Waals surface area (Å²) in [6.07, 6.45) is 9.31. The van der Waals surface area contributed by atoms with Crippen LogP contribution in [0.4, 0.5) is 0 Å². The Bertz CT molecular complexity index is 763. The SMILES string of the molecule is Cc1ccc2c(Cl)c(C(=O)NN=CC3CC=CCC3)sc2c1. The van der Waals surface area contributed by atoms with Crippen molar-refractivity contribution in [2.75, 3.05) is 0 Å². The predicted octanol–water partition coefficient (Wildman–Crippen LogP) is 4.94. The lowest BCUT2D eigenvalue weighted by Crippen LogP contribution is -2.18. The molecular formula is C17H17ClN2OS. The van der Waals surface area contributed by atoms with Gasteiger partial charge in [-0.2, -0.15) is 5.10 Å². The third-order valence-electron chi connectivity index (χ3n) is 3.75. The minimum Gasteiger partial charge on any atom is -0.266 e. The predicted molar refractivity (Wildman–Crippen MR) is 94.0 cm³/mol. The highest BCUT2D eigenvalue weighted by Crippen LogP contribution is 2.35. The van der Waals surface area contributed by atoms with Crippen molar-refractivity contribution < 1.29 is 4.79 Å². The largest absolute Gasteiger partial charge is 0.282 e. The van der Waals surface area contributed by atoms with Crippen molar-refractivity contribution in [2.24, 2.45) is 11.0 Å². The van der Waals surface area contributed by atoms with Crippen molar-refractivity contribution in [3.8, 4) is 0 Å². The Morgan fingerprint density at radius 3 is 3.09 bits per heavy atom. The van der Waals surface area contributed by atoms with Crippen molar-refractivity contribution in [3.05, 3.63) is 45.8 Å². The topological polar surface area (TPSA) is 41.5 Å². The number of rotatable bonds is 3. The molecule has 1 aromatic heterocycles. The molecule has 0 aliphatic heterocycles. The van der Waals surface area contributed by atoms with Gasteiger partial charge in [-0.3, -0.25) is 4.79 Å². The van der Waals surface area contributed by atoms with Crippen LogP contribution in [0.5, 0.6) is 0 Å². The summed E-state index contributed by atoms with van der Waals surface area (Å²) in [6.45, 7) is 2.02. The summed E-state index contributed by atoms with van der Waals surface area (Å²) in [7, 11) is 0. The number of hydrogen-bond acceptors (Lipinski definition) is 3. The fraction of sp³-hybridized carbons (Fsp3) is 0.294. The van der Waals surface area contributed by atoms with Crippen molar-refractivity contribution in [1.82, 2.24) is 5.43 Å². The quantitative estimate of drug-likeness (QED) is 0.483. The molecule has 5 heteroatoms. The fourth-order valence-electron chi connectivity index (χ4n) is 2.52. The second-order valence-corrected chi connectivity index (χ2v) is 6.94. The number of benzene rings is 1. The van der Waals surface area contributed by atoms with Crippen molar-refractivity contribution in [3.63, 3.8) is 0 Å². The molecule has 0 spiro atoms. The number of aryl methyl sites for hydroxylation is 1. The van der Waals surface area contributed by atoms with Crippen molar-refractivity contribution in [1.29, 1.82) is 0 Å². The van der Waals surface area contributed by atoms with Gasteiger partial charge in [0.25, 0.3) is 5.91 Å². The maximum atomic E-state index is 12.2. The van der Waals surface area contributed by atoms with Crippen molar-refractivity contribution >= 4 is 45.1 Å². The van der Waals surface area contributed by atoms with E-state index in [4.69, 9.17) is 11.6 Å². The highest BCUT2D eigenvalue weighted by molar-refractivity contribution is 7.21. The molecule has 114 valence electrons. The van der Waals surface area contributed by atoms with Crippen LogP contribution in [0, 0.1) is 12.8 Å². The molecule has 0 bridgehead atoms. The van der Waals surface area contributed by atoms with E-state index in [0.717, 1.165) is 34.9 Å². The Morgan fingerprint density at radius 2 is 2.32 bits per heavy atom. The molecule has 1 unspecified atom stereocenters. The lowest BCUT2D eigenvalue weighted by molar-refractivity contribution is 0.0959. The number of fused-ring (bicyclic) bond motifs is 1. The molecule has 3 nitrogen and oxygen atoms in total. The first kappa shape index (κ1) is 15.3. The second kappa shape index (κ2) is 6.63. The van der Waals surface area contributed by atoms with Gasteiger partial charge in [0.05, 0.1) is 5.02 Å². The van der Waals surface area contributed by atoms with E-state index < -0.39 is 0 Å². The summed E-state index contributed by atoms with van der Waals surface area (Å²) >= 11 is 7.72. The lowest BCUT2D eigenvalue weighted by atomic mass is 9.96. The summed E-state index contributed by atoms with van der Waals surface area (Å²) in [4.78, 5) is 12.8. The van der Waals surface area contributed by atoms with Crippen LogP contribution in [-0.4, -0.2) is 12.1 Å². The van der Waals surface area contributed by atoms with Gasteiger partial charge < -0.3 is 0 Å². The molecule has 3 rings (SSSR count). The fourth-order valence-corrected chi connectivity index (χ4v) is 4.03. The average molecular weight is 333 g/mol. The number of thiophene rings is 1. The minimum absolute atomic E-state index is 0.244. The van der Waals surface area contributed by atoms with E-state index >= 15 is 0 Å². The summed E-state index contributed by atoms with van der Waals surface area (Å²) < 4.78 is 1.02. The Hall–Kier alpha value is -1.65. The van der Waals surface area contributed by atoms with Gasteiger partial charge in [0, 0.05) is 16.3 Å². The number of hydrogen-bond donors (Lipinski definition) is 1. The van der Waals surface area contributed by atoms with Gasteiger partial charge in [0.1, 0.15) is 4.88 Å². The summed E-state index contributed by atoms with van der Waals surface area (Å²) in [5.41, 5.74) is 3.75. The number of carbonyl (C=O) groups excluding carboxylic acids is 1. The van der Waals surface area contributed by atoms with Crippen LogP contribution < -0.4 is 5.43 Å². The highest BCUT2D eigenvalue weighted by Gasteiger charge is 2.17. The molecule has 0 fully saturated rings. The number of allylic oxidation sites excluding steroid dienone is 2. The van der Waals surface area contributed by atoms with Crippen LogP contribution in [0.1, 0.15) is 34.5 Å². The molecule has 1 aliphatic rings. The lowest BCUT2D eigenvalue weighted by Gasteiger charge is -2.11. The molecule has 1 aliphatic carbocycles. The van der Waals surface area contributed by atoms with Gasteiger partial charge in [0.15, 0.2) is 0 Å². The molecule has 0 saturated heterocycles. The normalized spacial score (nSPS) is 18.2.